The van der Waals surface area contributed by atoms with Crippen LogP contribution in [0.4, 0.5) is 0 Å². The SMILES string of the molecule is CCCN1CCC(O)C(Cc2cc(Cl)c(OC)c(Cl)c2)C1. The third kappa shape index (κ3) is 4.26. The molecule has 0 bridgehead atoms. The van der Waals surface area contributed by atoms with E-state index in [1.165, 1.54) is 0 Å². The third-order valence-electron chi connectivity index (χ3n) is 4.08. The molecule has 0 amide bonds. The van der Waals surface area contributed by atoms with Crippen LogP contribution >= 0.6 is 23.2 Å². The van der Waals surface area contributed by atoms with Crippen molar-refractivity contribution in [3.8, 4) is 5.75 Å². The van der Waals surface area contributed by atoms with Gasteiger partial charge in [0.05, 0.1) is 23.3 Å². The van der Waals surface area contributed by atoms with Crippen LogP contribution in [0.2, 0.25) is 10.0 Å². The molecule has 1 aliphatic heterocycles. The minimum absolute atomic E-state index is 0.228. The average Bonchev–Trinajstić information content (AvgIpc) is 2.42. The number of aliphatic hydroxyl groups is 1. The van der Waals surface area contributed by atoms with Crippen LogP contribution in [-0.2, 0) is 6.42 Å². The molecule has 0 saturated carbocycles. The summed E-state index contributed by atoms with van der Waals surface area (Å²) < 4.78 is 5.17. The summed E-state index contributed by atoms with van der Waals surface area (Å²) in [6, 6.07) is 3.77. The van der Waals surface area contributed by atoms with E-state index < -0.39 is 0 Å². The van der Waals surface area contributed by atoms with Crippen molar-refractivity contribution in [3.63, 3.8) is 0 Å². The molecule has 1 N–H and O–H groups in total. The van der Waals surface area contributed by atoms with Crippen molar-refractivity contribution < 1.29 is 9.84 Å². The second kappa shape index (κ2) is 7.68. The Morgan fingerprint density at radius 1 is 1.33 bits per heavy atom. The molecule has 2 unspecified atom stereocenters. The Hall–Kier alpha value is -0.480. The Bertz CT molecular complexity index is 458. The largest absolute Gasteiger partial charge is 0.494 e. The molecule has 5 heteroatoms. The fraction of sp³-hybridized carbons (Fsp3) is 0.625. The minimum atomic E-state index is -0.252. The van der Waals surface area contributed by atoms with E-state index in [0.29, 0.717) is 15.8 Å². The Morgan fingerprint density at radius 3 is 2.57 bits per heavy atom. The lowest BCUT2D eigenvalue weighted by atomic mass is 9.88. The van der Waals surface area contributed by atoms with Gasteiger partial charge in [0, 0.05) is 19.0 Å². The van der Waals surface area contributed by atoms with Gasteiger partial charge in [-0.3, -0.25) is 0 Å². The Labute approximate surface area is 136 Å². The molecule has 0 spiro atoms. The van der Waals surface area contributed by atoms with Gasteiger partial charge in [0.15, 0.2) is 5.75 Å². The summed E-state index contributed by atoms with van der Waals surface area (Å²) in [6.45, 7) is 5.18. The molecule has 1 saturated heterocycles. The summed E-state index contributed by atoms with van der Waals surface area (Å²) in [5, 5.41) is 11.3. The van der Waals surface area contributed by atoms with Gasteiger partial charge in [0.1, 0.15) is 0 Å². The van der Waals surface area contributed by atoms with Crippen molar-refractivity contribution in [1.29, 1.82) is 0 Å². The van der Waals surface area contributed by atoms with Gasteiger partial charge in [-0.15, -0.1) is 0 Å². The number of hydrogen-bond donors (Lipinski definition) is 1. The zero-order valence-corrected chi connectivity index (χ0v) is 14.1. The number of benzene rings is 1. The second-order valence-corrected chi connectivity index (χ2v) is 6.53. The van der Waals surface area contributed by atoms with Crippen LogP contribution in [-0.4, -0.2) is 42.9 Å². The van der Waals surface area contributed by atoms with E-state index in [-0.39, 0.29) is 12.0 Å². The Morgan fingerprint density at radius 2 is 2.00 bits per heavy atom. The molecule has 1 aromatic carbocycles. The zero-order valence-electron chi connectivity index (χ0n) is 12.6. The number of methoxy groups -OCH3 is 1. The Kier molecular flexibility index (Phi) is 6.18. The van der Waals surface area contributed by atoms with E-state index in [9.17, 15) is 5.11 Å². The van der Waals surface area contributed by atoms with Crippen LogP contribution in [0.15, 0.2) is 12.1 Å². The molecule has 21 heavy (non-hydrogen) atoms. The van der Waals surface area contributed by atoms with Crippen LogP contribution in [0.3, 0.4) is 0 Å². The van der Waals surface area contributed by atoms with Gasteiger partial charge in [-0.2, -0.15) is 0 Å². The van der Waals surface area contributed by atoms with E-state index >= 15 is 0 Å². The summed E-state index contributed by atoms with van der Waals surface area (Å²) in [7, 11) is 1.56. The molecule has 1 aromatic rings. The maximum atomic E-state index is 10.2. The van der Waals surface area contributed by atoms with Crippen molar-refractivity contribution in [2.75, 3.05) is 26.7 Å². The van der Waals surface area contributed by atoms with Crippen LogP contribution in [0, 0.1) is 5.92 Å². The summed E-state index contributed by atoms with van der Waals surface area (Å²) in [6.07, 6.45) is 2.51. The summed E-state index contributed by atoms with van der Waals surface area (Å²) in [5.74, 6) is 0.740. The van der Waals surface area contributed by atoms with Gasteiger partial charge in [0.25, 0.3) is 0 Å². The molecular weight excluding hydrogens is 309 g/mol. The lowest BCUT2D eigenvalue weighted by molar-refractivity contribution is 0.0270. The van der Waals surface area contributed by atoms with Gasteiger partial charge >= 0.3 is 0 Å². The third-order valence-corrected chi connectivity index (χ3v) is 4.64. The van der Waals surface area contributed by atoms with Gasteiger partial charge in [0.2, 0.25) is 0 Å². The highest BCUT2D eigenvalue weighted by atomic mass is 35.5. The first kappa shape index (κ1) is 16.9. The van der Waals surface area contributed by atoms with Crippen molar-refractivity contribution in [2.24, 2.45) is 5.92 Å². The summed E-state index contributed by atoms with van der Waals surface area (Å²) in [4.78, 5) is 2.42. The van der Waals surface area contributed by atoms with Crippen molar-refractivity contribution >= 4 is 23.2 Å². The number of halogens is 2. The van der Waals surface area contributed by atoms with Gasteiger partial charge < -0.3 is 14.7 Å². The fourth-order valence-corrected chi connectivity index (χ4v) is 3.73. The molecule has 1 heterocycles. The molecule has 0 aromatic heterocycles. The first-order valence-corrected chi connectivity index (χ1v) is 8.23. The maximum absolute atomic E-state index is 10.2. The monoisotopic (exact) mass is 331 g/mol. The molecule has 0 aliphatic carbocycles. The normalized spacial score (nSPS) is 23.3. The fourth-order valence-electron chi connectivity index (χ4n) is 3.04. The van der Waals surface area contributed by atoms with E-state index in [4.69, 9.17) is 27.9 Å². The molecular formula is C16H23Cl2NO2. The lowest BCUT2D eigenvalue weighted by Gasteiger charge is -2.36. The Balaban J connectivity index is 2.09. The minimum Gasteiger partial charge on any atom is -0.494 e. The number of piperidine rings is 1. The molecule has 0 radical (unpaired) electrons. The number of ether oxygens (including phenoxy) is 1. The zero-order chi connectivity index (χ0) is 15.4. The molecule has 2 rings (SSSR count). The number of nitrogens with zero attached hydrogens (tertiary/aromatic N) is 1. The van der Waals surface area contributed by atoms with Gasteiger partial charge in [-0.25, -0.2) is 0 Å². The first-order chi connectivity index (χ1) is 10.0. The maximum Gasteiger partial charge on any atom is 0.156 e. The van der Waals surface area contributed by atoms with Crippen molar-refractivity contribution in [3.05, 3.63) is 27.7 Å². The van der Waals surface area contributed by atoms with E-state index in [0.717, 1.165) is 44.5 Å². The van der Waals surface area contributed by atoms with E-state index in [1.54, 1.807) is 7.11 Å². The predicted octanol–water partition coefficient (Wildman–Crippen LogP) is 3.64. The van der Waals surface area contributed by atoms with E-state index in [2.05, 4.69) is 11.8 Å². The van der Waals surface area contributed by atoms with E-state index in [1.807, 2.05) is 12.1 Å². The quantitative estimate of drug-likeness (QED) is 0.894. The lowest BCUT2D eigenvalue weighted by Crippen LogP contribution is -2.44. The first-order valence-electron chi connectivity index (χ1n) is 7.47. The molecule has 3 nitrogen and oxygen atoms in total. The topological polar surface area (TPSA) is 32.7 Å². The highest BCUT2D eigenvalue weighted by Gasteiger charge is 2.27. The van der Waals surface area contributed by atoms with Crippen LogP contribution in [0.25, 0.3) is 0 Å². The predicted molar refractivity (Wildman–Crippen MR) is 87.6 cm³/mol. The van der Waals surface area contributed by atoms with Crippen molar-refractivity contribution in [2.45, 2.75) is 32.3 Å². The van der Waals surface area contributed by atoms with Gasteiger partial charge in [-0.05, 0) is 43.5 Å². The summed E-state index contributed by atoms with van der Waals surface area (Å²) >= 11 is 12.4. The smallest absolute Gasteiger partial charge is 0.156 e. The number of likely N-dealkylation sites (tertiary alicyclic amines) is 1. The standard InChI is InChI=1S/C16H23Cl2NO2/c1-3-5-19-6-4-15(20)12(10-19)7-11-8-13(17)16(21-2)14(18)9-11/h8-9,12,15,20H,3-7,10H2,1-2H3. The average molecular weight is 332 g/mol. The van der Waals surface area contributed by atoms with Crippen LogP contribution in [0.5, 0.6) is 5.75 Å². The molecule has 1 aliphatic rings. The van der Waals surface area contributed by atoms with Gasteiger partial charge in [-0.1, -0.05) is 30.1 Å². The summed E-state index contributed by atoms with van der Waals surface area (Å²) in [5.41, 5.74) is 1.05. The highest BCUT2D eigenvalue weighted by Crippen LogP contribution is 2.35. The highest BCUT2D eigenvalue weighted by molar-refractivity contribution is 6.37. The molecule has 2 atom stereocenters. The molecule has 1 fully saturated rings. The second-order valence-electron chi connectivity index (χ2n) is 5.71. The van der Waals surface area contributed by atoms with Crippen molar-refractivity contribution in [1.82, 2.24) is 4.90 Å². The number of hydrogen-bond acceptors (Lipinski definition) is 3. The van der Waals surface area contributed by atoms with Crippen LogP contribution in [0.1, 0.15) is 25.3 Å². The number of aliphatic hydroxyl groups excluding tert-OH is 1. The van der Waals surface area contributed by atoms with Crippen LogP contribution < -0.4 is 4.74 Å². The number of rotatable bonds is 5. The molecule has 118 valence electrons.